The van der Waals surface area contributed by atoms with E-state index in [9.17, 15) is 9.18 Å². The molecule has 88 valence electrons. The predicted molar refractivity (Wildman–Crippen MR) is 67.4 cm³/mol. The number of hydrogen-bond acceptors (Lipinski definition) is 3. The van der Waals surface area contributed by atoms with Crippen LogP contribution in [0.25, 0.3) is 0 Å². The summed E-state index contributed by atoms with van der Waals surface area (Å²) in [5.41, 5.74) is 2.00. The number of nitrogens with one attached hydrogen (secondary N) is 1. The summed E-state index contributed by atoms with van der Waals surface area (Å²) in [6.45, 7) is 0.404. The number of hydrogen-bond donors (Lipinski definition) is 1. The lowest BCUT2D eigenvalue weighted by Gasteiger charge is -2.04. The van der Waals surface area contributed by atoms with E-state index in [4.69, 9.17) is 0 Å². The molecular weight excluding hydrogens is 307 g/mol. The molecule has 0 aliphatic carbocycles. The first-order chi connectivity index (χ1) is 8.16. The Balaban J connectivity index is 2.02. The maximum atomic E-state index is 13.2. The second-order valence-corrected chi connectivity index (χ2v) is 5.10. The first-order valence-corrected chi connectivity index (χ1v) is 6.44. The standard InChI is InChI=1S/C11H8BrFN2OS/c12-9-2-1-7(3-10(9)13)11(16)15-5-8-4-14-6-17-8/h1-4,6H,5H2,(H,15,16). The van der Waals surface area contributed by atoms with Crippen LogP contribution >= 0.6 is 27.3 Å². The third-order valence-corrected chi connectivity index (χ3v) is 3.51. The van der Waals surface area contributed by atoms with Crippen LogP contribution in [-0.2, 0) is 6.54 Å². The van der Waals surface area contributed by atoms with Crippen molar-refractivity contribution in [1.29, 1.82) is 0 Å². The molecule has 0 radical (unpaired) electrons. The van der Waals surface area contributed by atoms with Crippen LogP contribution in [0.1, 0.15) is 15.2 Å². The second-order valence-electron chi connectivity index (χ2n) is 3.28. The predicted octanol–water partition coefficient (Wildman–Crippen LogP) is 2.97. The van der Waals surface area contributed by atoms with E-state index in [1.165, 1.54) is 23.5 Å². The SMILES string of the molecule is O=C(NCc1cncs1)c1ccc(Br)c(F)c1. The Morgan fingerprint density at radius 2 is 2.35 bits per heavy atom. The Morgan fingerprint density at radius 3 is 3.00 bits per heavy atom. The van der Waals surface area contributed by atoms with Crippen molar-refractivity contribution in [2.45, 2.75) is 6.54 Å². The van der Waals surface area contributed by atoms with Crippen molar-refractivity contribution in [2.75, 3.05) is 0 Å². The summed E-state index contributed by atoms with van der Waals surface area (Å²) in [7, 11) is 0. The van der Waals surface area contributed by atoms with E-state index in [1.807, 2.05) is 0 Å². The monoisotopic (exact) mass is 314 g/mol. The molecule has 1 aromatic carbocycles. The van der Waals surface area contributed by atoms with E-state index < -0.39 is 5.82 Å². The number of benzene rings is 1. The Morgan fingerprint density at radius 1 is 1.53 bits per heavy atom. The van der Waals surface area contributed by atoms with E-state index in [-0.39, 0.29) is 5.91 Å². The van der Waals surface area contributed by atoms with Crippen LogP contribution in [0.4, 0.5) is 4.39 Å². The summed E-state index contributed by atoms with van der Waals surface area (Å²) in [5.74, 6) is -0.750. The summed E-state index contributed by atoms with van der Waals surface area (Å²) < 4.78 is 13.6. The third kappa shape index (κ3) is 3.10. The van der Waals surface area contributed by atoms with Gasteiger partial charge in [-0.25, -0.2) is 4.39 Å². The molecule has 0 aliphatic rings. The van der Waals surface area contributed by atoms with E-state index in [0.29, 0.717) is 16.6 Å². The molecule has 2 aromatic rings. The number of thiazole rings is 1. The molecule has 0 unspecified atom stereocenters. The first-order valence-electron chi connectivity index (χ1n) is 4.77. The van der Waals surface area contributed by atoms with Gasteiger partial charge in [-0.15, -0.1) is 11.3 Å². The second kappa shape index (κ2) is 5.37. The quantitative estimate of drug-likeness (QED) is 0.946. The highest BCUT2D eigenvalue weighted by Crippen LogP contribution is 2.16. The van der Waals surface area contributed by atoms with Crippen molar-refractivity contribution in [3.05, 3.63) is 50.6 Å². The molecular formula is C11H8BrFN2OS. The van der Waals surface area contributed by atoms with Crippen LogP contribution in [0.3, 0.4) is 0 Å². The average molecular weight is 315 g/mol. The minimum Gasteiger partial charge on any atom is -0.347 e. The van der Waals surface area contributed by atoms with E-state index in [0.717, 1.165) is 4.88 Å². The maximum absolute atomic E-state index is 13.2. The van der Waals surface area contributed by atoms with Crippen LogP contribution in [0.2, 0.25) is 0 Å². The molecule has 0 fully saturated rings. The third-order valence-electron chi connectivity index (χ3n) is 2.09. The molecule has 0 bridgehead atoms. The molecule has 1 heterocycles. The summed E-state index contributed by atoms with van der Waals surface area (Å²) in [5, 5.41) is 2.70. The fourth-order valence-electron chi connectivity index (χ4n) is 1.24. The Kier molecular flexibility index (Phi) is 3.86. The average Bonchev–Trinajstić information content (AvgIpc) is 2.82. The lowest BCUT2D eigenvalue weighted by molar-refractivity contribution is 0.0951. The molecule has 17 heavy (non-hydrogen) atoms. The molecule has 0 aliphatic heterocycles. The zero-order valence-corrected chi connectivity index (χ0v) is 11.0. The van der Waals surface area contributed by atoms with Crippen LogP contribution < -0.4 is 5.32 Å². The molecule has 6 heteroatoms. The summed E-state index contributed by atoms with van der Waals surface area (Å²) in [6.07, 6.45) is 1.69. The summed E-state index contributed by atoms with van der Waals surface area (Å²) in [4.78, 5) is 16.5. The molecule has 0 saturated carbocycles. The van der Waals surface area contributed by atoms with Gasteiger partial charge in [0.2, 0.25) is 0 Å². The molecule has 1 N–H and O–H groups in total. The van der Waals surface area contributed by atoms with Crippen molar-refractivity contribution in [3.8, 4) is 0 Å². The molecule has 1 aromatic heterocycles. The number of nitrogens with zero attached hydrogens (tertiary/aromatic N) is 1. The van der Waals surface area contributed by atoms with E-state index >= 15 is 0 Å². The van der Waals surface area contributed by atoms with Gasteiger partial charge in [0.15, 0.2) is 0 Å². The molecule has 0 spiro atoms. The largest absolute Gasteiger partial charge is 0.347 e. The smallest absolute Gasteiger partial charge is 0.251 e. The minimum absolute atomic E-state index is 0.301. The highest BCUT2D eigenvalue weighted by atomic mass is 79.9. The van der Waals surface area contributed by atoms with Crippen LogP contribution in [0.5, 0.6) is 0 Å². The van der Waals surface area contributed by atoms with Crippen molar-refractivity contribution < 1.29 is 9.18 Å². The van der Waals surface area contributed by atoms with Gasteiger partial charge in [0, 0.05) is 16.6 Å². The number of amides is 1. The Bertz CT molecular complexity index is 530. The topological polar surface area (TPSA) is 42.0 Å². The minimum atomic E-state index is -0.449. The summed E-state index contributed by atoms with van der Waals surface area (Å²) >= 11 is 4.49. The van der Waals surface area contributed by atoms with Gasteiger partial charge in [-0.2, -0.15) is 0 Å². The van der Waals surface area contributed by atoms with E-state index in [2.05, 4.69) is 26.2 Å². The van der Waals surface area contributed by atoms with Crippen molar-refractivity contribution in [2.24, 2.45) is 0 Å². The lowest BCUT2D eigenvalue weighted by atomic mass is 10.2. The molecule has 2 rings (SSSR count). The normalized spacial score (nSPS) is 10.2. The van der Waals surface area contributed by atoms with Gasteiger partial charge in [0.1, 0.15) is 5.82 Å². The fourth-order valence-corrected chi connectivity index (χ4v) is 2.02. The van der Waals surface area contributed by atoms with Gasteiger partial charge >= 0.3 is 0 Å². The van der Waals surface area contributed by atoms with Crippen molar-refractivity contribution in [1.82, 2.24) is 10.3 Å². The van der Waals surface area contributed by atoms with Crippen LogP contribution in [0.15, 0.2) is 34.4 Å². The highest BCUT2D eigenvalue weighted by molar-refractivity contribution is 9.10. The fraction of sp³-hybridized carbons (Fsp3) is 0.0909. The zero-order valence-electron chi connectivity index (χ0n) is 8.61. The van der Waals surface area contributed by atoms with Gasteiger partial charge in [0.25, 0.3) is 5.91 Å². The molecule has 1 amide bonds. The number of carbonyl (C=O) groups is 1. The number of halogens is 2. The van der Waals surface area contributed by atoms with Gasteiger partial charge in [-0.3, -0.25) is 9.78 Å². The molecule has 0 atom stereocenters. The highest BCUT2D eigenvalue weighted by Gasteiger charge is 2.08. The zero-order chi connectivity index (χ0) is 12.3. The summed E-state index contributed by atoms with van der Waals surface area (Å²) in [6, 6.07) is 4.28. The Hall–Kier alpha value is -1.27. The van der Waals surface area contributed by atoms with E-state index in [1.54, 1.807) is 17.8 Å². The van der Waals surface area contributed by atoms with Crippen molar-refractivity contribution in [3.63, 3.8) is 0 Å². The molecule has 0 saturated heterocycles. The van der Waals surface area contributed by atoms with Crippen molar-refractivity contribution >= 4 is 33.2 Å². The van der Waals surface area contributed by atoms with Gasteiger partial charge in [-0.1, -0.05) is 0 Å². The Labute approximate surface area is 110 Å². The van der Waals surface area contributed by atoms with Gasteiger partial charge in [0.05, 0.1) is 16.5 Å². The van der Waals surface area contributed by atoms with Crippen LogP contribution in [-0.4, -0.2) is 10.9 Å². The number of carbonyl (C=O) groups excluding carboxylic acids is 1. The van der Waals surface area contributed by atoms with Crippen LogP contribution in [0, 0.1) is 5.82 Å². The van der Waals surface area contributed by atoms with Gasteiger partial charge < -0.3 is 5.32 Å². The first kappa shape index (κ1) is 12.2. The number of aromatic nitrogens is 1. The molecule has 3 nitrogen and oxygen atoms in total. The maximum Gasteiger partial charge on any atom is 0.251 e. The lowest BCUT2D eigenvalue weighted by Crippen LogP contribution is -2.22. The number of rotatable bonds is 3. The van der Waals surface area contributed by atoms with Gasteiger partial charge in [-0.05, 0) is 34.1 Å².